The van der Waals surface area contributed by atoms with E-state index in [9.17, 15) is 18.3 Å². The smallest absolute Gasteiger partial charge is 0.397 e. The molecule has 4 aliphatic rings. The Morgan fingerprint density at radius 1 is 1.00 bits per heavy atom. The number of Topliss-reactive ketones (excluding diaryl/α,β-unsaturated/α-hetero) is 1. The molecule has 0 bridgehead atoms. The molecule has 4 rings (SSSR count). The summed E-state index contributed by atoms with van der Waals surface area (Å²) in [5, 5.41) is 11.9. The van der Waals surface area contributed by atoms with Gasteiger partial charge in [-0.25, -0.2) is 4.18 Å². The molecule has 0 unspecified atom stereocenters. The third kappa shape index (κ3) is 4.68. The number of carbonyl (C=O) groups excluding carboxylic acids is 1. The number of carbonyl (C=O) groups is 1. The van der Waals surface area contributed by atoms with Gasteiger partial charge in [0.2, 0.25) is 0 Å². The number of ketones is 1. The summed E-state index contributed by atoms with van der Waals surface area (Å²) in [7, 11) is -6.53. The Hall–Kier alpha value is -0.323. The molecule has 0 aromatic heterocycles. The Morgan fingerprint density at radius 2 is 1.64 bits per heavy atom. The first-order chi connectivity index (χ1) is 16.3. The van der Waals surface area contributed by atoms with E-state index in [2.05, 4.69) is 47.7 Å². The van der Waals surface area contributed by atoms with Crippen molar-refractivity contribution in [3.63, 3.8) is 0 Å². The standard InChI is InChI=1S/C27H48O7SSi/c1-24(2,3)36(6,7)33-17-23(28)27(29)15-12-22-20-9-8-18-16-19(34-35(30,31)32)10-13-25(18,4)21(20)11-14-26(22,27)5/h18-22,29H,8-17H2,1-7H3,(H,30,31,32)/t18-,19+,20+,21-,22-,25-,26-,27-/m0/s1. The molecule has 2 N–H and O–H groups in total. The van der Waals surface area contributed by atoms with Gasteiger partial charge in [-0.2, -0.15) is 8.42 Å². The van der Waals surface area contributed by atoms with Gasteiger partial charge < -0.3 is 9.53 Å². The van der Waals surface area contributed by atoms with Gasteiger partial charge in [-0.05, 0) is 105 Å². The maximum atomic E-state index is 13.6. The van der Waals surface area contributed by atoms with Crippen molar-refractivity contribution in [2.75, 3.05) is 6.61 Å². The van der Waals surface area contributed by atoms with Crippen LogP contribution in [0.5, 0.6) is 0 Å². The topological polar surface area (TPSA) is 110 Å². The molecule has 208 valence electrons. The summed E-state index contributed by atoms with van der Waals surface area (Å²) in [6.07, 6.45) is 6.95. The number of aliphatic hydroxyl groups is 1. The van der Waals surface area contributed by atoms with E-state index in [0.717, 1.165) is 38.5 Å². The molecule has 4 aliphatic carbocycles. The maximum Gasteiger partial charge on any atom is 0.397 e. The number of hydrogen-bond acceptors (Lipinski definition) is 6. The predicted octanol–water partition coefficient (Wildman–Crippen LogP) is 5.54. The van der Waals surface area contributed by atoms with Crippen LogP contribution in [0.25, 0.3) is 0 Å². The Balaban J connectivity index is 1.48. The van der Waals surface area contributed by atoms with Crippen molar-refractivity contribution in [3.8, 4) is 0 Å². The normalized spacial score (nSPS) is 43.4. The minimum absolute atomic E-state index is 0.00165. The lowest BCUT2D eigenvalue weighted by atomic mass is 9.44. The molecule has 9 heteroatoms. The molecule has 0 heterocycles. The zero-order valence-electron chi connectivity index (χ0n) is 23.3. The van der Waals surface area contributed by atoms with Gasteiger partial charge >= 0.3 is 10.4 Å². The highest BCUT2D eigenvalue weighted by atomic mass is 32.3. The Labute approximate surface area is 219 Å². The monoisotopic (exact) mass is 544 g/mol. The Kier molecular flexibility index (Phi) is 7.26. The van der Waals surface area contributed by atoms with Gasteiger partial charge in [0.05, 0.1) is 12.7 Å². The van der Waals surface area contributed by atoms with Crippen LogP contribution >= 0.6 is 0 Å². The molecule has 36 heavy (non-hydrogen) atoms. The van der Waals surface area contributed by atoms with E-state index < -0.39 is 35.8 Å². The second kappa shape index (κ2) is 9.12. The van der Waals surface area contributed by atoms with Crippen molar-refractivity contribution >= 4 is 24.5 Å². The lowest BCUT2D eigenvalue weighted by molar-refractivity contribution is -0.173. The molecule has 7 nitrogen and oxygen atoms in total. The van der Waals surface area contributed by atoms with Crippen LogP contribution in [0, 0.1) is 34.5 Å². The fourth-order valence-electron chi connectivity index (χ4n) is 8.53. The molecular formula is C27H48O7SSi. The molecule has 4 fully saturated rings. The summed E-state index contributed by atoms with van der Waals surface area (Å²) in [6, 6.07) is 0. The van der Waals surface area contributed by atoms with Crippen molar-refractivity contribution in [1.29, 1.82) is 0 Å². The van der Waals surface area contributed by atoms with E-state index in [-0.39, 0.29) is 22.8 Å². The van der Waals surface area contributed by atoms with Gasteiger partial charge in [-0.15, -0.1) is 0 Å². The molecule has 8 atom stereocenters. The first-order valence-corrected chi connectivity index (χ1v) is 18.2. The van der Waals surface area contributed by atoms with E-state index in [1.165, 1.54) is 0 Å². The summed E-state index contributed by atoms with van der Waals surface area (Å²) in [4.78, 5) is 13.6. The Morgan fingerprint density at radius 3 is 2.25 bits per heavy atom. The van der Waals surface area contributed by atoms with Gasteiger partial charge in [-0.1, -0.05) is 34.6 Å². The first kappa shape index (κ1) is 28.7. The van der Waals surface area contributed by atoms with Crippen LogP contribution in [-0.2, 0) is 23.8 Å². The van der Waals surface area contributed by atoms with Crippen molar-refractivity contribution in [1.82, 2.24) is 0 Å². The zero-order valence-corrected chi connectivity index (χ0v) is 25.1. The fourth-order valence-corrected chi connectivity index (χ4v) is 9.98. The fraction of sp³-hybridized carbons (Fsp3) is 0.963. The van der Waals surface area contributed by atoms with Gasteiger partial charge in [0.15, 0.2) is 14.1 Å². The van der Waals surface area contributed by atoms with Gasteiger partial charge in [0.25, 0.3) is 0 Å². The van der Waals surface area contributed by atoms with Crippen LogP contribution in [0.1, 0.15) is 92.4 Å². The average Bonchev–Trinajstić information content (AvgIpc) is 3.02. The molecule has 0 aromatic rings. The molecule has 0 saturated heterocycles. The number of rotatable bonds is 6. The Bertz CT molecular complexity index is 975. The highest BCUT2D eigenvalue weighted by molar-refractivity contribution is 7.80. The van der Waals surface area contributed by atoms with Crippen LogP contribution in [0.15, 0.2) is 0 Å². The third-order valence-electron chi connectivity index (χ3n) is 11.9. The first-order valence-electron chi connectivity index (χ1n) is 13.9. The van der Waals surface area contributed by atoms with Crippen molar-refractivity contribution < 1.29 is 31.5 Å². The lowest BCUT2D eigenvalue weighted by Crippen LogP contribution is -2.59. The maximum absolute atomic E-state index is 13.6. The molecule has 0 aliphatic heterocycles. The molecule has 0 amide bonds. The number of hydrogen-bond donors (Lipinski definition) is 2. The number of fused-ring (bicyclic) bond motifs is 5. The second-order valence-corrected chi connectivity index (χ2v) is 20.3. The van der Waals surface area contributed by atoms with Crippen LogP contribution in [0.2, 0.25) is 18.1 Å². The van der Waals surface area contributed by atoms with Gasteiger partial charge in [0, 0.05) is 5.41 Å². The lowest BCUT2D eigenvalue weighted by Gasteiger charge is -2.61. The average molecular weight is 545 g/mol. The van der Waals surface area contributed by atoms with E-state index in [4.69, 9.17) is 13.2 Å². The minimum atomic E-state index is -4.44. The summed E-state index contributed by atoms with van der Waals surface area (Å²) in [5.74, 6) is 1.50. The minimum Gasteiger partial charge on any atom is -0.409 e. The van der Waals surface area contributed by atoms with Crippen LogP contribution in [0.3, 0.4) is 0 Å². The van der Waals surface area contributed by atoms with Crippen LogP contribution in [0.4, 0.5) is 0 Å². The van der Waals surface area contributed by atoms with E-state index in [1.54, 1.807) is 0 Å². The van der Waals surface area contributed by atoms with E-state index in [1.807, 2.05) is 0 Å². The van der Waals surface area contributed by atoms with Crippen LogP contribution in [-0.4, -0.2) is 50.5 Å². The highest BCUT2D eigenvalue weighted by Crippen LogP contribution is 2.68. The second-order valence-electron chi connectivity index (χ2n) is 14.4. The molecule has 4 saturated carbocycles. The molecule has 0 aromatic carbocycles. The van der Waals surface area contributed by atoms with Gasteiger partial charge in [-0.3, -0.25) is 9.35 Å². The molecule has 0 spiro atoms. The van der Waals surface area contributed by atoms with Crippen molar-refractivity contribution in [2.45, 2.75) is 122 Å². The molecule has 0 radical (unpaired) electrons. The third-order valence-corrected chi connectivity index (χ3v) is 16.9. The largest absolute Gasteiger partial charge is 0.409 e. The van der Waals surface area contributed by atoms with E-state index in [0.29, 0.717) is 42.9 Å². The summed E-state index contributed by atoms with van der Waals surface area (Å²) < 4.78 is 42.9. The van der Waals surface area contributed by atoms with Gasteiger partial charge in [0.1, 0.15) is 5.60 Å². The molecular weight excluding hydrogens is 496 g/mol. The summed E-state index contributed by atoms with van der Waals surface area (Å²) in [6.45, 7) is 15.3. The quantitative estimate of drug-likeness (QED) is 0.334. The zero-order chi connectivity index (χ0) is 26.9. The van der Waals surface area contributed by atoms with Crippen molar-refractivity contribution in [3.05, 3.63) is 0 Å². The predicted molar refractivity (Wildman–Crippen MR) is 141 cm³/mol. The van der Waals surface area contributed by atoms with Crippen LogP contribution < -0.4 is 0 Å². The highest BCUT2D eigenvalue weighted by Gasteiger charge is 2.66. The SMILES string of the molecule is CC(C)(C)[Si](C)(C)OCC(=O)[C@@]1(O)CC[C@H]2[C@@H]3CC[C@H]4C[C@H](OS(=O)(=O)O)CC[C@]4(C)[C@H]3CC[C@@]21C. The summed E-state index contributed by atoms with van der Waals surface area (Å²) >= 11 is 0. The van der Waals surface area contributed by atoms with E-state index >= 15 is 0 Å². The van der Waals surface area contributed by atoms with Crippen molar-refractivity contribution in [2.24, 2.45) is 34.5 Å². The summed E-state index contributed by atoms with van der Waals surface area (Å²) in [5.41, 5.74) is -1.67.